The molecular formula is C18H16BrN3O. The molecule has 4 nitrogen and oxygen atoms in total. The largest absolute Gasteiger partial charge is 0.354 e. The molecule has 1 heterocycles. The maximum atomic E-state index is 12.5. The summed E-state index contributed by atoms with van der Waals surface area (Å²) in [5, 5.41) is 8.29. The minimum atomic E-state index is -0.122. The molecule has 1 saturated carbocycles. The molecule has 0 aliphatic heterocycles. The number of nitrogens with one attached hydrogen (secondary N) is 1. The van der Waals surface area contributed by atoms with Gasteiger partial charge in [0.1, 0.15) is 5.69 Å². The summed E-state index contributed by atoms with van der Waals surface area (Å²) in [5.74, 6) is 0.524. The van der Waals surface area contributed by atoms with Gasteiger partial charge in [0.25, 0.3) is 5.91 Å². The molecule has 1 aromatic heterocycles. The number of nitrogens with zero attached hydrogens (tertiary/aromatic N) is 2. The Morgan fingerprint density at radius 1 is 1.22 bits per heavy atom. The van der Waals surface area contributed by atoms with E-state index in [1.165, 1.54) is 18.4 Å². The number of carbonyl (C=O) groups excluding carboxylic acids is 1. The Kier molecular flexibility index (Phi) is 3.45. The minimum Gasteiger partial charge on any atom is -0.354 e. The van der Waals surface area contributed by atoms with Crippen LogP contribution in [0.4, 0.5) is 0 Å². The van der Waals surface area contributed by atoms with Gasteiger partial charge in [0.05, 0.1) is 11.2 Å². The van der Waals surface area contributed by atoms with Crippen molar-refractivity contribution in [1.29, 1.82) is 0 Å². The molecule has 1 amide bonds. The lowest BCUT2D eigenvalue weighted by molar-refractivity contribution is 0.0957. The van der Waals surface area contributed by atoms with Crippen molar-refractivity contribution in [2.45, 2.75) is 18.8 Å². The van der Waals surface area contributed by atoms with Crippen molar-refractivity contribution in [2.75, 3.05) is 7.05 Å². The fraction of sp³-hybridized carbons (Fsp3) is 0.222. The summed E-state index contributed by atoms with van der Waals surface area (Å²) in [7, 11) is 1.65. The lowest BCUT2D eigenvalue weighted by Crippen LogP contribution is -2.21. The Labute approximate surface area is 142 Å². The van der Waals surface area contributed by atoms with Crippen LogP contribution < -0.4 is 5.32 Å². The number of carbonyl (C=O) groups is 1. The van der Waals surface area contributed by atoms with Crippen molar-refractivity contribution in [3.8, 4) is 5.69 Å². The number of hydrogen-bond donors (Lipinski definition) is 1. The molecule has 0 spiro atoms. The second-order valence-corrected chi connectivity index (χ2v) is 6.78. The van der Waals surface area contributed by atoms with Crippen LogP contribution in [-0.4, -0.2) is 22.7 Å². The first-order valence-electron chi connectivity index (χ1n) is 7.68. The van der Waals surface area contributed by atoms with Crippen molar-refractivity contribution in [3.05, 3.63) is 58.2 Å². The topological polar surface area (TPSA) is 46.9 Å². The van der Waals surface area contributed by atoms with Crippen LogP contribution in [0.3, 0.4) is 0 Å². The third kappa shape index (κ3) is 2.55. The van der Waals surface area contributed by atoms with E-state index >= 15 is 0 Å². The van der Waals surface area contributed by atoms with Crippen LogP contribution in [-0.2, 0) is 0 Å². The van der Waals surface area contributed by atoms with Crippen molar-refractivity contribution >= 4 is 32.7 Å². The molecule has 23 heavy (non-hydrogen) atoms. The van der Waals surface area contributed by atoms with Gasteiger partial charge in [0.15, 0.2) is 0 Å². The first kappa shape index (κ1) is 14.5. The molecule has 5 heteroatoms. The molecular weight excluding hydrogens is 354 g/mol. The second-order valence-electron chi connectivity index (χ2n) is 5.87. The van der Waals surface area contributed by atoms with Crippen molar-refractivity contribution in [3.63, 3.8) is 0 Å². The van der Waals surface area contributed by atoms with Gasteiger partial charge in [-0.3, -0.25) is 4.79 Å². The average molecular weight is 370 g/mol. The molecule has 0 unspecified atom stereocenters. The molecule has 1 aliphatic carbocycles. The van der Waals surface area contributed by atoms with Crippen LogP contribution >= 0.6 is 15.9 Å². The number of rotatable bonds is 3. The normalized spacial score (nSPS) is 14.2. The number of benzene rings is 2. The third-order valence-corrected chi connectivity index (χ3v) is 4.79. The Morgan fingerprint density at radius 3 is 2.61 bits per heavy atom. The Balaban J connectivity index is 1.95. The molecule has 116 valence electrons. The molecule has 0 bridgehead atoms. The SMILES string of the molecule is CNC(=O)c1c2cc(C3CC3)ccc2nn1-c1ccc(Br)cc1. The lowest BCUT2D eigenvalue weighted by Gasteiger charge is -2.07. The Bertz CT molecular complexity index is 895. The monoisotopic (exact) mass is 369 g/mol. The highest BCUT2D eigenvalue weighted by Crippen LogP contribution is 2.41. The van der Waals surface area contributed by atoms with Gasteiger partial charge in [-0.25, -0.2) is 4.68 Å². The van der Waals surface area contributed by atoms with Gasteiger partial charge in [-0.2, -0.15) is 5.10 Å². The van der Waals surface area contributed by atoms with Gasteiger partial charge in [-0.1, -0.05) is 22.0 Å². The van der Waals surface area contributed by atoms with Gasteiger partial charge in [-0.15, -0.1) is 0 Å². The van der Waals surface area contributed by atoms with Crippen LogP contribution in [0.25, 0.3) is 16.6 Å². The van der Waals surface area contributed by atoms with Crippen LogP contribution in [0.2, 0.25) is 0 Å². The molecule has 1 N–H and O–H groups in total. The van der Waals surface area contributed by atoms with E-state index in [9.17, 15) is 4.79 Å². The minimum absolute atomic E-state index is 0.122. The van der Waals surface area contributed by atoms with Gasteiger partial charge in [0, 0.05) is 16.9 Å². The number of fused-ring (bicyclic) bond motifs is 1. The highest BCUT2D eigenvalue weighted by atomic mass is 79.9. The smallest absolute Gasteiger partial charge is 0.270 e. The van der Waals surface area contributed by atoms with E-state index in [4.69, 9.17) is 0 Å². The van der Waals surface area contributed by atoms with E-state index in [0.29, 0.717) is 11.6 Å². The zero-order chi connectivity index (χ0) is 16.0. The van der Waals surface area contributed by atoms with Crippen molar-refractivity contribution < 1.29 is 4.79 Å². The molecule has 1 fully saturated rings. The van der Waals surface area contributed by atoms with Gasteiger partial charge in [-0.05, 0) is 60.7 Å². The molecule has 4 rings (SSSR count). The maximum Gasteiger partial charge on any atom is 0.270 e. The summed E-state index contributed by atoms with van der Waals surface area (Å²) in [5.41, 5.74) is 3.61. The zero-order valence-corrected chi connectivity index (χ0v) is 14.3. The molecule has 1 aliphatic rings. The Morgan fingerprint density at radius 2 is 1.96 bits per heavy atom. The van der Waals surface area contributed by atoms with Gasteiger partial charge < -0.3 is 5.32 Å². The first-order chi connectivity index (χ1) is 11.2. The summed E-state index contributed by atoms with van der Waals surface area (Å²) in [6, 6.07) is 14.1. The highest BCUT2D eigenvalue weighted by Gasteiger charge is 2.25. The third-order valence-electron chi connectivity index (χ3n) is 4.26. The second kappa shape index (κ2) is 5.49. The zero-order valence-electron chi connectivity index (χ0n) is 12.7. The van der Waals surface area contributed by atoms with Gasteiger partial charge in [0.2, 0.25) is 0 Å². The summed E-state index contributed by atoms with van der Waals surface area (Å²) in [6.07, 6.45) is 2.48. The lowest BCUT2D eigenvalue weighted by atomic mass is 10.1. The predicted molar refractivity (Wildman–Crippen MR) is 94.1 cm³/mol. The molecule has 3 aromatic rings. The summed E-state index contributed by atoms with van der Waals surface area (Å²) in [6.45, 7) is 0. The van der Waals surface area contributed by atoms with E-state index < -0.39 is 0 Å². The summed E-state index contributed by atoms with van der Waals surface area (Å²) in [4.78, 5) is 12.5. The molecule has 2 aromatic carbocycles. The summed E-state index contributed by atoms with van der Waals surface area (Å²) >= 11 is 3.44. The van der Waals surface area contributed by atoms with Crippen LogP contribution in [0.5, 0.6) is 0 Å². The fourth-order valence-electron chi connectivity index (χ4n) is 2.88. The number of aromatic nitrogens is 2. The number of amides is 1. The van der Waals surface area contributed by atoms with E-state index in [0.717, 1.165) is 21.1 Å². The molecule has 0 saturated heterocycles. The first-order valence-corrected chi connectivity index (χ1v) is 8.47. The summed E-state index contributed by atoms with van der Waals surface area (Å²) < 4.78 is 2.72. The van der Waals surface area contributed by atoms with E-state index in [-0.39, 0.29) is 5.91 Å². The van der Waals surface area contributed by atoms with Crippen molar-refractivity contribution in [2.24, 2.45) is 0 Å². The standard InChI is InChI=1S/C18H16BrN3O/c1-20-18(23)17-15-10-12(11-2-3-11)4-9-16(15)21-22(17)14-7-5-13(19)6-8-14/h4-11H,2-3H2,1H3,(H,20,23). The quantitative estimate of drug-likeness (QED) is 0.757. The van der Waals surface area contributed by atoms with E-state index in [1.54, 1.807) is 11.7 Å². The predicted octanol–water partition coefficient (Wildman–Crippen LogP) is 4.03. The maximum absolute atomic E-state index is 12.5. The van der Waals surface area contributed by atoms with Crippen LogP contribution in [0.1, 0.15) is 34.8 Å². The molecule has 0 atom stereocenters. The average Bonchev–Trinajstić information content (AvgIpc) is 3.35. The van der Waals surface area contributed by atoms with Crippen LogP contribution in [0.15, 0.2) is 46.9 Å². The van der Waals surface area contributed by atoms with Crippen molar-refractivity contribution in [1.82, 2.24) is 15.1 Å². The van der Waals surface area contributed by atoms with Crippen LogP contribution in [0, 0.1) is 0 Å². The fourth-order valence-corrected chi connectivity index (χ4v) is 3.14. The van der Waals surface area contributed by atoms with E-state index in [2.05, 4.69) is 38.5 Å². The van der Waals surface area contributed by atoms with Gasteiger partial charge >= 0.3 is 0 Å². The highest BCUT2D eigenvalue weighted by molar-refractivity contribution is 9.10. The Hall–Kier alpha value is -2.14. The molecule has 0 radical (unpaired) electrons. The number of halogens is 1. The van der Waals surface area contributed by atoms with E-state index in [1.807, 2.05) is 30.3 Å². The number of hydrogen-bond acceptors (Lipinski definition) is 2.